The van der Waals surface area contributed by atoms with Crippen LogP contribution in [-0.4, -0.2) is 20.9 Å². The molecule has 0 amide bonds. The van der Waals surface area contributed by atoms with Gasteiger partial charge in [0.2, 0.25) is 5.89 Å². The highest BCUT2D eigenvalue weighted by atomic mass is 32.2. The number of aromatic nitrogens is 2. The lowest BCUT2D eigenvalue weighted by Gasteiger charge is -1.96. The maximum absolute atomic E-state index is 11.8. The second kappa shape index (κ2) is 7.64. The third kappa shape index (κ3) is 4.92. The van der Waals surface area contributed by atoms with Crippen molar-refractivity contribution in [1.82, 2.24) is 10.2 Å². The van der Waals surface area contributed by atoms with E-state index in [1.807, 2.05) is 0 Å². The fraction of sp³-hybridized carbons (Fsp3) is 0.231. The molecule has 0 aliphatic rings. The molecule has 0 spiro atoms. The third-order valence-corrected chi connectivity index (χ3v) is 3.44. The van der Waals surface area contributed by atoms with Crippen LogP contribution < -0.4 is 0 Å². The molecule has 0 aliphatic carbocycles. The Balaban J connectivity index is 1.88. The molecule has 0 unspecified atom stereocenters. The lowest BCUT2D eigenvalue weighted by Crippen LogP contribution is -1.91. The van der Waals surface area contributed by atoms with E-state index in [1.54, 1.807) is 12.1 Å². The van der Waals surface area contributed by atoms with E-state index in [0.717, 1.165) is 11.6 Å². The molecule has 1 heterocycles. The van der Waals surface area contributed by atoms with Crippen LogP contribution in [0.4, 0.5) is 14.5 Å². The maximum atomic E-state index is 11.8. The number of halogens is 2. The summed E-state index contributed by atoms with van der Waals surface area (Å²) in [7, 11) is 0. The lowest BCUT2D eigenvalue weighted by atomic mass is 10.1. The zero-order valence-corrected chi connectivity index (χ0v) is 12.1. The van der Waals surface area contributed by atoms with Crippen LogP contribution in [-0.2, 0) is 6.42 Å². The van der Waals surface area contributed by atoms with Crippen LogP contribution in [0.1, 0.15) is 17.9 Å². The van der Waals surface area contributed by atoms with E-state index in [-0.39, 0.29) is 12.1 Å². The summed E-state index contributed by atoms with van der Waals surface area (Å²) in [6.07, 6.45) is -0.302. The molecule has 0 bridgehead atoms. The van der Waals surface area contributed by atoms with E-state index in [9.17, 15) is 18.9 Å². The summed E-state index contributed by atoms with van der Waals surface area (Å²) >= 11 is 1.19. The number of nitro groups is 1. The summed E-state index contributed by atoms with van der Waals surface area (Å²) in [5, 5.41) is 18.5. The smallest absolute Gasteiger partial charge is 0.276 e. The summed E-state index contributed by atoms with van der Waals surface area (Å²) in [4.78, 5) is 10.1. The quantitative estimate of drug-likeness (QED) is 0.333. The molecule has 0 aliphatic heterocycles. The summed E-state index contributed by atoms with van der Waals surface area (Å²) in [5.74, 6) is 0.778. The molecule has 0 atom stereocenters. The normalized spacial score (nSPS) is 10.5. The van der Waals surface area contributed by atoms with Gasteiger partial charge < -0.3 is 4.42 Å². The SMILES string of the molecule is O=[N+]([O-])c1ccc(Cc2nnc(SCCC=C(F)F)o2)cc1. The minimum absolute atomic E-state index is 0.0127. The van der Waals surface area contributed by atoms with E-state index in [1.165, 1.54) is 23.9 Å². The molecule has 9 heteroatoms. The van der Waals surface area contributed by atoms with E-state index in [2.05, 4.69) is 10.2 Å². The fourth-order valence-corrected chi connectivity index (χ4v) is 2.26. The first kappa shape index (κ1) is 16.1. The van der Waals surface area contributed by atoms with Gasteiger partial charge >= 0.3 is 0 Å². The molecule has 0 saturated carbocycles. The number of allylic oxidation sites excluding steroid dienone is 1. The Kier molecular flexibility index (Phi) is 5.59. The number of benzene rings is 1. The first-order valence-electron chi connectivity index (χ1n) is 6.24. The first-order valence-corrected chi connectivity index (χ1v) is 7.23. The van der Waals surface area contributed by atoms with Gasteiger partial charge in [-0.15, -0.1) is 10.2 Å². The second-order valence-electron chi connectivity index (χ2n) is 4.19. The average molecular weight is 327 g/mol. The Hall–Kier alpha value is -2.29. The third-order valence-electron chi connectivity index (χ3n) is 2.59. The van der Waals surface area contributed by atoms with Crippen LogP contribution in [0.5, 0.6) is 0 Å². The molecule has 6 nitrogen and oxygen atoms in total. The largest absolute Gasteiger partial charge is 0.416 e. The Morgan fingerprint density at radius 1 is 1.32 bits per heavy atom. The van der Waals surface area contributed by atoms with Crippen LogP contribution in [0.15, 0.2) is 46.1 Å². The molecule has 0 radical (unpaired) electrons. The van der Waals surface area contributed by atoms with Crippen molar-refractivity contribution in [3.63, 3.8) is 0 Å². The average Bonchev–Trinajstić information content (AvgIpc) is 2.91. The van der Waals surface area contributed by atoms with Gasteiger partial charge in [0, 0.05) is 17.9 Å². The highest BCUT2D eigenvalue weighted by Gasteiger charge is 2.09. The Bertz CT molecular complexity index is 669. The minimum atomic E-state index is -1.70. The number of nitrogens with zero attached hydrogens (tertiary/aromatic N) is 3. The summed E-state index contributed by atoms with van der Waals surface area (Å²) < 4.78 is 29.1. The Morgan fingerprint density at radius 3 is 2.68 bits per heavy atom. The molecule has 1 aromatic carbocycles. The van der Waals surface area contributed by atoms with Gasteiger partial charge in [0.1, 0.15) is 0 Å². The van der Waals surface area contributed by atoms with Gasteiger partial charge in [-0.3, -0.25) is 10.1 Å². The molecule has 1 aromatic heterocycles. The van der Waals surface area contributed by atoms with E-state index >= 15 is 0 Å². The van der Waals surface area contributed by atoms with Gasteiger partial charge in [-0.2, -0.15) is 8.78 Å². The highest BCUT2D eigenvalue weighted by molar-refractivity contribution is 7.99. The maximum Gasteiger partial charge on any atom is 0.276 e. The predicted molar refractivity (Wildman–Crippen MR) is 75.8 cm³/mol. The van der Waals surface area contributed by atoms with Crippen molar-refractivity contribution < 1.29 is 18.1 Å². The van der Waals surface area contributed by atoms with Crippen molar-refractivity contribution in [2.24, 2.45) is 0 Å². The van der Waals surface area contributed by atoms with E-state index < -0.39 is 11.0 Å². The molecule has 2 rings (SSSR count). The molecule has 116 valence electrons. The molecule has 0 saturated heterocycles. The van der Waals surface area contributed by atoms with Crippen molar-refractivity contribution in [2.45, 2.75) is 18.1 Å². The number of hydrogen-bond acceptors (Lipinski definition) is 6. The van der Waals surface area contributed by atoms with Crippen LogP contribution in [0.3, 0.4) is 0 Å². The second-order valence-corrected chi connectivity index (χ2v) is 5.24. The zero-order valence-electron chi connectivity index (χ0n) is 11.2. The lowest BCUT2D eigenvalue weighted by molar-refractivity contribution is -0.384. The van der Waals surface area contributed by atoms with E-state index in [4.69, 9.17) is 4.42 Å². The summed E-state index contributed by atoms with van der Waals surface area (Å²) in [6.45, 7) is 0. The van der Waals surface area contributed by atoms with Gasteiger partial charge in [0.15, 0.2) is 0 Å². The van der Waals surface area contributed by atoms with E-state index in [0.29, 0.717) is 23.3 Å². The molecule has 2 aromatic rings. The number of hydrogen-bond donors (Lipinski definition) is 0. The number of non-ortho nitro benzene ring substituents is 1. The first-order chi connectivity index (χ1) is 10.5. The molecular weight excluding hydrogens is 316 g/mol. The fourth-order valence-electron chi connectivity index (χ4n) is 1.59. The zero-order chi connectivity index (χ0) is 15.9. The van der Waals surface area contributed by atoms with Crippen LogP contribution in [0, 0.1) is 10.1 Å². The van der Waals surface area contributed by atoms with Gasteiger partial charge in [-0.25, -0.2) is 0 Å². The van der Waals surface area contributed by atoms with Gasteiger partial charge in [0.25, 0.3) is 17.0 Å². The van der Waals surface area contributed by atoms with Crippen LogP contribution in [0.25, 0.3) is 0 Å². The number of nitro benzene ring substituents is 1. The van der Waals surface area contributed by atoms with Gasteiger partial charge in [0.05, 0.1) is 11.3 Å². The number of thioether (sulfide) groups is 1. The van der Waals surface area contributed by atoms with Crippen LogP contribution >= 0.6 is 11.8 Å². The van der Waals surface area contributed by atoms with Crippen LogP contribution in [0.2, 0.25) is 0 Å². The Morgan fingerprint density at radius 2 is 2.05 bits per heavy atom. The van der Waals surface area contributed by atoms with Crippen molar-refractivity contribution in [3.05, 3.63) is 58.0 Å². The number of rotatable bonds is 7. The Labute approximate surface area is 128 Å². The van der Waals surface area contributed by atoms with Gasteiger partial charge in [-0.1, -0.05) is 23.9 Å². The van der Waals surface area contributed by atoms with Gasteiger partial charge in [-0.05, 0) is 18.1 Å². The van der Waals surface area contributed by atoms with Crippen molar-refractivity contribution in [2.75, 3.05) is 5.75 Å². The van der Waals surface area contributed by atoms with Crippen molar-refractivity contribution in [3.8, 4) is 0 Å². The van der Waals surface area contributed by atoms with Crippen molar-refractivity contribution in [1.29, 1.82) is 0 Å². The molecule has 0 N–H and O–H groups in total. The topological polar surface area (TPSA) is 82.1 Å². The minimum Gasteiger partial charge on any atom is -0.416 e. The summed E-state index contributed by atoms with van der Waals surface area (Å²) in [6, 6.07) is 6.03. The van der Waals surface area contributed by atoms with Crippen molar-refractivity contribution >= 4 is 17.4 Å². The highest BCUT2D eigenvalue weighted by Crippen LogP contribution is 2.20. The molecular formula is C13H11F2N3O3S. The molecule has 22 heavy (non-hydrogen) atoms. The standard InChI is InChI=1S/C13H11F2N3O3S/c14-11(15)2-1-7-22-13-17-16-12(21-13)8-9-3-5-10(6-4-9)18(19)20/h2-6H,1,7-8H2. The molecule has 0 fully saturated rings. The monoisotopic (exact) mass is 327 g/mol. The predicted octanol–water partition coefficient (Wildman–Crippen LogP) is 3.83. The summed E-state index contributed by atoms with van der Waals surface area (Å²) in [5.41, 5.74) is 0.812.